The highest BCUT2D eigenvalue weighted by Gasteiger charge is 2.22. The zero-order valence-electron chi connectivity index (χ0n) is 24.2. The topological polar surface area (TPSA) is 97.5 Å². The summed E-state index contributed by atoms with van der Waals surface area (Å²) in [6.45, 7) is 5.64. The third kappa shape index (κ3) is 4.52. The van der Waals surface area contributed by atoms with Crippen molar-refractivity contribution in [2.75, 3.05) is 0 Å². The van der Waals surface area contributed by atoms with Crippen LogP contribution in [0.1, 0.15) is 18.1 Å². The van der Waals surface area contributed by atoms with Gasteiger partial charge < -0.3 is 11.1 Å². The van der Waals surface area contributed by atoms with Crippen molar-refractivity contribution in [1.82, 2.24) is 0 Å². The quantitative estimate of drug-likeness (QED) is 0.0911. The summed E-state index contributed by atoms with van der Waals surface area (Å²) in [5.41, 5.74) is 12.5. The molecule has 0 saturated carbocycles. The molecule has 0 fully saturated rings. The monoisotopic (exact) mass is 564 g/mol. The Hall–Kier alpha value is -6.23. The van der Waals surface area contributed by atoms with Crippen molar-refractivity contribution >= 4 is 60.5 Å². The molecule has 3 N–H and O–H groups in total. The number of benzene rings is 6. The van der Waals surface area contributed by atoms with Crippen molar-refractivity contribution in [1.29, 1.82) is 15.9 Å². The summed E-state index contributed by atoms with van der Waals surface area (Å²) in [5.74, 6) is 0. The summed E-state index contributed by atoms with van der Waals surface area (Å²) in [5, 5.41) is 35.6. The van der Waals surface area contributed by atoms with E-state index in [2.05, 4.69) is 79.4 Å². The average Bonchev–Trinajstić information content (AvgIpc) is 3.07. The molecule has 44 heavy (non-hydrogen) atoms. The summed E-state index contributed by atoms with van der Waals surface area (Å²) < 4.78 is 0. The van der Waals surface area contributed by atoms with Gasteiger partial charge in [-0.1, -0.05) is 104 Å². The van der Waals surface area contributed by atoms with Gasteiger partial charge in [-0.15, -0.1) is 0 Å². The molecule has 4 heteroatoms. The number of nitrogens with two attached hydrogens (primary N) is 1. The summed E-state index contributed by atoms with van der Waals surface area (Å²) in [4.78, 5) is 0. The van der Waals surface area contributed by atoms with Gasteiger partial charge in [-0.05, 0) is 90.0 Å². The van der Waals surface area contributed by atoms with Crippen LogP contribution in [0, 0.1) is 28.1 Å². The standard InChI is InChI=1S/C40H28N4/c1-25(21-41)19-27(23-43)37-29-11-3-7-15-33(29)39(34-16-8-4-12-30(34)37)40-35-17-9-5-13-31(35)38(28(24-44)20-26(2)22-42)32-14-6-10-18-36(32)40/h3-20,23-24,43H,1,44H2,2H3/b26-20+,27-19+,28-24+,43-23?. The normalized spacial score (nSPS) is 12.4. The zero-order chi connectivity index (χ0) is 30.8. The van der Waals surface area contributed by atoms with Crippen LogP contribution in [0.3, 0.4) is 0 Å². The fourth-order valence-corrected chi connectivity index (χ4v) is 6.29. The minimum atomic E-state index is 0.290. The van der Waals surface area contributed by atoms with Crippen LogP contribution in [0.25, 0.3) is 65.4 Å². The molecular formula is C40H28N4. The largest absolute Gasteiger partial charge is 0.404 e. The Balaban J connectivity index is 1.86. The molecule has 6 rings (SSSR count). The van der Waals surface area contributed by atoms with Gasteiger partial charge in [0.05, 0.1) is 12.1 Å². The van der Waals surface area contributed by atoms with Crippen molar-refractivity contribution < 1.29 is 0 Å². The van der Waals surface area contributed by atoms with Crippen LogP contribution in [0.15, 0.2) is 133 Å². The van der Waals surface area contributed by atoms with E-state index in [0.717, 1.165) is 70.9 Å². The van der Waals surface area contributed by atoms with Crippen LogP contribution < -0.4 is 5.73 Å². The molecule has 208 valence electrons. The zero-order valence-corrected chi connectivity index (χ0v) is 24.2. The van der Waals surface area contributed by atoms with E-state index in [9.17, 15) is 10.5 Å². The molecule has 0 aliphatic carbocycles. The fourth-order valence-electron chi connectivity index (χ4n) is 6.29. The molecule has 6 aromatic carbocycles. The number of hydrogen-bond donors (Lipinski definition) is 2. The van der Waals surface area contributed by atoms with Crippen molar-refractivity contribution in [3.8, 4) is 23.3 Å². The SMILES string of the molecule is C=C(C#N)/C=C(\C=N)c1c2ccccc2c(-c2c3ccccc3c(C(/C=C(\C)C#N)=C/N)c3ccccc23)c2ccccc12. The Morgan fingerprint density at radius 3 is 1.30 bits per heavy atom. The van der Waals surface area contributed by atoms with E-state index < -0.39 is 0 Å². The van der Waals surface area contributed by atoms with Crippen LogP contribution in [0.4, 0.5) is 0 Å². The first-order valence-electron chi connectivity index (χ1n) is 14.2. The molecule has 0 aliphatic heterocycles. The first kappa shape index (κ1) is 27.9. The number of nitriles is 2. The van der Waals surface area contributed by atoms with Crippen molar-refractivity contribution in [2.45, 2.75) is 6.92 Å². The maximum absolute atomic E-state index is 9.56. The van der Waals surface area contributed by atoms with Crippen LogP contribution in [-0.4, -0.2) is 6.21 Å². The first-order chi connectivity index (χ1) is 21.5. The molecule has 0 radical (unpaired) electrons. The van der Waals surface area contributed by atoms with Gasteiger partial charge in [0.25, 0.3) is 0 Å². The summed E-state index contributed by atoms with van der Waals surface area (Å²) in [6.07, 6.45) is 6.40. The van der Waals surface area contributed by atoms with Crippen LogP contribution in [0.5, 0.6) is 0 Å². The number of allylic oxidation sites excluding steroid dienone is 6. The molecular weight excluding hydrogens is 536 g/mol. The van der Waals surface area contributed by atoms with Crippen molar-refractivity contribution in [2.24, 2.45) is 5.73 Å². The minimum Gasteiger partial charge on any atom is -0.404 e. The Morgan fingerprint density at radius 2 is 0.977 bits per heavy atom. The van der Waals surface area contributed by atoms with E-state index in [4.69, 9.17) is 11.1 Å². The van der Waals surface area contributed by atoms with E-state index >= 15 is 0 Å². The fraction of sp³-hybridized carbons (Fsp3) is 0.0250. The number of nitrogens with zero attached hydrogens (tertiary/aromatic N) is 2. The number of hydrogen-bond acceptors (Lipinski definition) is 4. The van der Waals surface area contributed by atoms with Crippen molar-refractivity contribution in [3.05, 3.63) is 144 Å². The number of fused-ring (bicyclic) bond motifs is 4. The first-order valence-corrected chi connectivity index (χ1v) is 14.2. The smallest absolute Gasteiger partial charge is 0.0985 e. The molecule has 0 heterocycles. The third-order valence-electron chi connectivity index (χ3n) is 8.05. The summed E-state index contributed by atoms with van der Waals surface area (Å²) in [7, 11) is 0. The van der Waals surface area contributed by atoms with E-state index in [0.29, 0.717) is 11.1 Å². The lowest BCUT2D eigenvalue weighted by molar-refractivity contribution is 1.44. The second-order valence-corrected chi connectivity index (χ2v) is 10.6. The molecule has 0 aliphatic rings. The predicted octanol–water partition coefficient (Wildman–Crippen LogP) is 9.85. The average molecular weight is 565 g/mol. The summed E-state index contributed by atoms with van der Waals surface area (Å²) in [6, 6.07) is 37.5. The highest BCUT2D eigenvalue weighted by Crippen LogP contribution is 2.48. The molecule has 0 saturated heterocycles. The lowest BCUT2D eigenvalue weighted by Crippen LogP contribution is -1.98. The molecule has 0 amide bonds. The van der Waals surface area contributed by atoms with Crippen LogP contribution in [0.2, 0.25) is 0 Å². The molecule has 0 bridgehead atoms. The van der Waals surface area contributed by atoms with Gasteiger partial charge in [-0.3, -0.25) is 0 Å². The van der Waals surface area contributed by atoms with Gasteiger partial charge in [-0.25, -0.2) is 0 Å². The highest BCUT2D eigenvalue weighted by atomic mass is 14.5. The van der Waals surface area contributed by atoms with Gasteiger partial charge in [0.1, 0.15) is 0 Å². The van der Waals surface area contributed by atoms with Gasteiger partial charge in [0.15, 0.2) is 0 Å². The van der Waals surface area contributed by atoms with E-state index in [1.54, 1.807) is 19.2 Å². The Morgan fingerprint density at radius 1 is 0.614 bits per heavy atom. The molecule has 0 unspecified atom stereocenters. The second-order valence-electron chi connectivity index (χ2n) is 10.6. The summed E-state index contributed by atoms with van der Waals surface area (Å²) >= 11 is 0. The Labute approximate surface area is 256 Å². The highest BCUT2D eigenvalue weighted by molar-refractivity contribution is 6.30. The third-order valence-corrected chi connectivity index (χ3v) is 8.05. The maximum Gasteiger partial charge on any atom is 0.0985 e. The minimum absolute atomic E-state index is 0.290. The van der Waals surface area contributed by atoms with E-state index in [-0.39, 0.29) is 5.57 Å². The second kappa shape index (κ2) is 11.6. The van der Waals surface area contributed by atoms with E-state index in [1.807, 2.05) is 42.5 Å². The Kier molecular flexibility index (Phi) is 7.34. The van der Waals surface area contributed by atoms with Gasteiger partial charge in [-0.2, -0.15) is 10.5 Å². The van der Waals surface area contributed by atoms with Gasteiger partial charge in [0.2, 0.25) is 0 Å². The molecule has 0 aromatic heterocycles. The Bertz CT molecular complexity index is 2240. The van der Waals surface area contributed by atoms with Gasteiger partial charge >= 0.3 is 0 Å². The van der Waals surface area contributed by atoms with Crippen LogP contribution >= 0.6 is 0 Å². The molecule has 0 spiro atoms. The lowest BCUT2D eigenvalue weighted by atomic mass is 9.81. The lowest BCUT2D eigenvalue weighted by Gasteiger charge is -2.22. The number of rotatable bonds is 6. The van der Waals surface area contributed by atoms with E-state index in [1.165, 1.54) is 6.21 Å². The molecule has 6 aromatic rings. The molecule has 4 nitrogen and oxygen atoms in total. The van der Waals surface area contributed by atoms with Crippen LogP contribution in [-0.2, 0) is 0 Å². The maximum atomic E-state index is 9.56. The number of nitrogens with one attached hydrogen (secondary N) is 1. The molecule has 0 atom stereocenters. The van der Waals surface area contributed by atoms with Gasteiger partial charge in [0, 0.05) is 29.1 Å². The predicted molar refractivity (Wildman–Crippen MR) is 185 cm³/mol. The van der Waals surface area contributed by atoms with Crippen molar-refractivity contribution in [3.63, 3.8) is 0 Å².